The van der Waals surface area contributed by atoms with E-state index in [0.717, 1.165) is 21.3 Å². The Morgan fingerprint density at radius 2 is 1.76 bits per heavy atom. The highest BCUT2D eigenvalue weighted by Crippen LogP contribution is 2.45. The molecule has 2 N–H and O–H groups in total. The number of aliphatic hydroxyl groups is 1. The number of rotatable bonds is 14. The number of benzene rings is 4. The van der Waals surface area contributed by atoms with Crippen molar-refractivity contribution >= 4 is 33.4 Å². The van der Waals surface area contributed by atoms with Gasteiger partial charge in [0.05, 0.1) is 13.7 Å². The van der Waals surface area contributed by atoms with E-state index < -0.39 is 11.6 Å². The number of halogens is 1. The summed E-state index contributed by atoms with van der Waals surface area (Å²) < 4.78 is 18.6. The molecular weight excluding hydrogens is 650 g/mol. The van der Waals surface area contributed by atoms with Crippen LogP contribution in [-0.2, 0) is 22.4 Å². The number of aliphatic imine (C=N–C) groups is 1. The summed E-state index contributed by atoms with van der Waals surface area (Å²) in [5.41, 5.74) is 11.2. The second-order valence-electron chi connectivity index (χ2n) is 10.6. The van der Waals surface area contributed by atoms with Crippen molar-refractivity contribution in [3.63, 3.8) is 0 Å². The molecule has 0 aliphatic carbocycles. The van der Waals surface area contributed by atoms with E-state index in [2.05, 4.69) is 31.3 Å². The van der Waals surface area contributed by atoms with Gasteiger partial charge in [0.2, 0.25) is 5.90 Å². The van der Waals surface area contributed by atoms with Crippen LogP contribution in [0.3, 0.4) is 0 Å². The van der Waals surface area contributed by atoms with Gasteiger partial charge in [-0.1, -0.05) is 81.7 Å². The molecule has 1 heterocycles. The van der Waals surface area contributed by atoms with Crippen LogP contribution in [0.2, 0.25) is 0 Å². The molecule has 236 valence electrons. The Morgan fingerprint density at radius 1 is 1.04 bits per heavy atom. The van der Waals surface area contributed by atoms with Crippen LogP contribution >= 0.6 is 15.9 Å². The number of amides is 1. The van der Waals surface area contributed by atoms with Gasteiger partial charge in [0.1, 0.15) is 11.5 Å². The Bertz CT molecular complexity index is 1740. The average molecular weight is 685 g/mol. The van der Waals surface area contributed by atoms with Gasteiger partial charge < -0.3 is 24.6 Å². The second-order valence-corrected chi connectivity index (χ2v) is 11.5. The number of ether oxygens (including phenoxy) is 3. The van der Waals surface area contributed by atoms with Gasteiger partial charge in [0.25, 0.3) is 5.91 Å². The van der Waals surface area contributed by atoms with Crippen LogP contribution in [0.15, 0.2) is 112 Å². The predicted octanol–water partition coefficient (Wildman–Crippen LogP) is 7.02. The van der Waals surface area contributed by atoms with Crippen LogP contribution < -0.4 is 14.8 Å². The first kappa shape index (κ1) is 32.6. The average Bonchev–Trinajstić information content (AvgIpc) is 3.46. The van der Waals surface area contributed by atoms with Gasteiger partial charge in [-0.25, -0.2) is 4.99 Å². The molecule has 0 bridgehead atoms. The predicted molar refractivity (Wildman–Crippen MR) is 180 cm³/mol. The van der Waals surface area contributed by atoms with E-state index in [4.69, 9.17) is 24.3 Å². The van der Waals surface area contributed by atoms with Gasteiger partial charge in [-0.15, -0.1) is 0 Å². The fourth-order valence-corrected chi connectivity index (χ4v) is 5.91. The van der Waals surface area contributed by atoms with Crippen molar-refractivity contribution in [2.45, 2.75) is 30.9 Å². The number of hydrogen-bond donors (Lipinski definition) is 2. The zero-order valence-electron chi connectivity index (χ0n) is 25.3. The third-order valence-corrected chi connectivity index (χ3v) is 8.42. The number of carbonyl (C=O) groups excluding carboxylic acids is 1. The van der Waals surface area contributed by atoms with Crippen LogP contribution in [0.1, 0.15) is 34.8 Å². The summed E-state index contributed by atoms with van der Waals surface area (Å²) in [6, 6.07) is 29.7. The smallest absolute Gasteiger partial charge is 0.252 e. The maximum Gasteiger partial charge on any atom is 0.252 e. The maximum atomic E-state index is 14.6. The Labute approximate surface area is 275 Å². The first-order valence-electron chi connectivity index (χ1n) is 14.9. The summed E-state index contributed by atoms with van der Waals surface area (Å²) in [6.45, 7) is 0.761. The number of hydrogen-bond acceptors (Lipinski definition) is 7. The standard InChI is InChI=1S/C35H34BrN5O5/c1-44-31-14-7-3-9-24(31)19-20-38-34(43)35(23-26-10-2-6-13-30(26)40-41-37)32(28-11-4-5-12-29(28)36)46-33(39-35)25-15-17-27(18-16-25)45-22-8-21-42/h2-7,9-18,32,42H,8,19-23H2,1H3,(H,38,43)/t32-,35-/m1/s1. The van der Waals surface area contributed by atoms with Gasteiger partial charge in [-0.2, -0.15) is 0 Å². The quantitative estimate of drug-likeness (QED) is 0.0637. The number of nitrogens with one attached hydrogen (secondary N) is 1. The molecule has 1 aliphatic heterocycles. The van der Waals surface area contributed by atoms with Crippen LogP contribution in [0, 0.1) is 0 Å². The largest absolute Gasteiger partial charge is 0.496 e. The molecule has 11 heteroatoms. The van der Waals surface area contributed by atoms with Crippen molar-refractivity contribution < 1.29 is 24.1 Å². The summed E-state index contributed by atoms with van der Waals surface area (Å²) in [5.74, 6) is 1.34. The van der Waals surface area contributed by atoms with Crippen LogP contribution in [-0.4, -0.2) is 49.3 Å². The third-order valence-electron chi connectivity index (χ3n) is 7.69. The third kappa shape index (κ3) is 7.34. The molecule has 0 saturated heterocycles. The SMILES string of the molecule is COc1ccccc1CCNC(=O)[C@]1(Cc2ccccc2N=[N+]=[N-])N=C(c2ccc(OCCCO)cc2)O[C@@H]1c1ccccc1Br. The zero-order chi connectivity index (χ0) is 32.4. The van der Waals surface area contributed by atoms with Crippen LogP contribution in [0.25, 0.3) is 10.4 Å². The molecule has 0 spiro atoms. The highest BCUT2D eigenvalue weighted by atomic mass is 79.9. The number of nitrogens with zero attached hydrogens (tertiary/aromatic N) is 4. The monoisotopic (exact) mass is 683 g/mol. The molecule has 4 aromatic rings. The molecule has 0 saturated carbocycles. The molecule has 0 aromatic heterocycles. The molecular formula is C35H34BrN5O5. The van der Waals surface area contributed by atoms with Gasteiger partial charge in [0.15, 0.2) is 11.6 Å². The lowest BCUT2D eigenvalue weighted by atomic mass is 9.81. The van der Waals surface area contributed by atoms with Crippen LogP contribution in [0.5, 0.6) is 11.5 Å². The molecule has 10 nitrogen and oxygen atoms in total. The van der Waals surface area contributed by atoms with E-state index in [9.17, 15) is 10.3 Å². The first-order valence-corrected chi connectivity index (χ1v) is 15.7. The van der Waals surface area contributed by atoms with E-state index in [0.29, 0.717) is 54.5 Å². The molecule has 46 heavy (non-hydrogen) atoms. The number of azide groups is 1. The lowest BCUT2D eigenvalue weighted by Crippen LogP contribution is -2.50. The molecule has 0 radical (unpaired) electrons. The van der Waals surface area contributed by atoms with Gasteiger partial charge in [-0.3, -0.25) is 4.79 Å². The van der Waals surface area contributed by atoms with Crippen molar-refractivity contribution in [1.29, 1.82) is 0 Å². The van der Waals surface area contributed by atoms with E-state index in [-0.39, 0.29) is 18.9 Å². The molecule has 0 fully saturated rings. The summed E-state index contributed by atoms with van der Waals surface area (Å²) in [6.07, 6.45) is 0.331. The first-order chi connectivity index (χ1) is 22.5. The minimum absolute atomic E-state index is 0.0466. The Hall–Kier alpha value is -4.83. The Kier molecular flexibility index (Phi) is 10.9. The number of para-hydroxylation sites is 1. The van der Waals surface area contributed by atoms with E-state index >= 15 is 0 Å². The lowest BCUT2D eigenvalue weighted by Gasteiger charge is -2.31. The van der Waals surface area contributed by atoms with E-state index in [1.807, 2.05) is 72.8 Å². The van der Waals surface area contributed by atoms with Crippen LogP contribution in [0.4, 0.5) is 5.69 Å². The second kappa shape index (κ2) is 15.4. The number of carbonyl (C=O) groups is 1. The van der Waals surface area contributed by atoms with Gasteiger partial charge in [-0.05, 0) is 59.5 Å². The fraction of sp³-hybridized carbons (Fsp3) is 0.257. The highest BCUT2D eigenvalue weighted by Gasteiger charge is 2.54. The van der Waals surface area contributed by atoms with Gasteiger partial charge >= 0.3 is 0 Å². The molecule has 5 rings (SSSR count). The molecule has 1 amide bonds. The van der Waals surface area contributed by atoms with Crippen molar-refractivity contribution in [2.75, 3.05) is 26.9 Å². The summed E-state index contributed by atoms with van der Waals surface area (Å²) >= 11 is 3.67. The van der Waals surface area contributed by atoms with Crippen molar-refractivity contribution in [1.82, 2.24) is 5.32 Å². The minimum atomic E-state index is -1.47. The van der Waals surface area contributed by atoms with Crippen molar-refractivity contribution in [3.8, 4) is 11.5 Å². The zero-order valence-corrected chi connectivity index (χ0v) is 26.9. The normalized spacial score (nSPS) is 16.9. The van der Waals surface area contributed by atoms with E-state index in [1.165, 1.54) is 0 Å². The lowest BCUT2D eigenvalue weighted by molar-refractivity contribution is -0.128. The summed E-state index contributed by atoms with van der Waals surface area (Å²) in [5, 5.41) is 16.1. The summed E-state index contributed by atoms with van der Waals surface area (Å²) in [4.78, 5) is 22.7. The Balaban J connectivity index is 1.57. The highest BCUT2D eigenvalue weighted by molar-refractivity contribution is 9.10. The number of methoxy groups -OCH3 is 1. The summed E-state index contributed by atoms with van der Waals surface area (Å²) in [7, 11) is 1.62. The van der Waals surface area contributed by atoms with Gasteiger partial charge in [0, 0.05) is 52.2 Å². The fourth-order valence-electron chi connectivity index (χ4n) is 5.42. The van der Waals surface area contributed by atoms with E-state index in [1.54, 1.807) is 31.4 Å². The van der Waals surface area contributed by atoms with Crippen molar-refractivity contribution in [2.24, 2.45) is 10.1 Å². The maximum absolute atomic E-state index is 14.6. The number of aliphatic hydroxyl groups excluding tert-OH is 1. The minimum Gasteiger partial charge on any atom is -0.496 e. The molecule has 0 unspecified atom stereocenters. The Morgan fingerprint density at radius 3 is 2.50 bits per heavy atom. The molecule has 4 aromatic carbocycles. The molecule has 1 aliphatic rings. The topological polar surface area (TPSA) is 138 Å². The van der Waals surface area contributed by atoms with Crippen molar-refractivity contribution in [3.05, 3.63) is 134 Å². The molecule has 2 atom stereocenters.